The van der Waals surface area contributed by atoms with Crippen molar-refractivity contribution in [2.75, 3.05) is 6.61 Å². The Morgan fingerprint density at radius 1 is 1.69 bits per heavy atom. The maximum atomic E-state index is 11.6. The number of carbonyl (C=O) groups is 1. The molecule has 2 heterocycles. The van der Waals surface area contributed by atoms with E-state index in [0.29, 0.717) is 0 Å². The Kier molecular flexibility index (Phi) is 3.16. The van der Waals surface area contributed by atoms with Crippen LogP contribution in [0, 0.1) is 0 Å². The van der Waals surface area contributed by atoms with E-state index in [4.69, 9.17) is 20.8 Å². The van der Waals surface area contributed by atoms with Crippen molar-refractivity contribution < 1.29 is 13.9 Å². The lowest BCUT2D eigenvalue weighted by atomic mass is 10.3. The summed E-state index contributed by atoms with van der Waals surface area (Å²) in [6, 6.07) is 0. The first-order chi connectivity index (χ1) is 7.72. The van der Waals surface area contributed by atoms with Gasteiger partial charge in [0.1, 0.15) is 4.88 Å². The van der Waals surface area contributed by atoms with Crippen LogP contribution in [0.15, 0.2) is 10.8 Å². The van der Waals surface area contributed by atoms with Crippen LogP contribution in [0.25, 0.3) is 11.6 Å². The van der Waals surface area contributed by atoms with E-state index in [1.54, 1.807) is 6.92 Å². The fraction of sp³-hybridized carbons (Fsp3) is 0.250. The molecule has 0 aliphatic rings. The summed E-state index contributed by atoms with van der Waals surface area (Å²) in [5.74, 6) is -0.355. The average Bonchev–Trinajstić information content (AvgIpc) is 2.85. The van der Waals surface area contributed by atoms with E-state index >= 15 is 0 Å². The third-order valence-corrected chi connectivity index (χ3v) is 2.76. The number of halogens is 1. The van der Waals surface area contributed by atoms with Crippen molar-refractivity contribution in [1.82, 2.24) is 15.2 Å². The summed E-state index contributed by atoms with van der Waals surface area (Å²) in [4.78, 5) is 15.8. The highest BCUT2D eigenvalue weighted by atomic mass is 35.5. The Balaban J connectivity index is 2.42. The molecule has 0 bridgehead atoms. The van der Waals surface area contributed by atoms with Crippen LogP contribution in [0.4, 0.5) is 0 Å². The molecule has 8 heteroatoms. The van der Waals surface area contributed by atoms with Gasteiger partial charge in [-0.25, -0.2) is 9.78 Å². The molecule has 0 unspecified atom stereocenters. The lowest BCUT2D eigenvalue weighted by molar-refractivity contribution is 0.0532. The number of thiazole rings is 1. The molecule has 6 nitrogen and oxygen atoms in total. The molecule has 2 aromatic heterocycles. The number of esters is 1. The summed E-state index contributed by atoms with van der Waals surface area (Å²) in [5.41, 5.74) is 0.256. The minimum Gasteiger partial charge on any atom is -0.462 e. The van der Waals surface area contributed by atoms with Crippen LogP contribution >= 0.6 is 22.9 Å². The Hall–Kier alpha value is -1.47. The van der Waals surface area contributed by atoms with Gasteiger partial charge in [0.2, 0.25) is 6.39 Å². The maximum absolute atomic E-state index is 11.6. The first-order valence-electron chi connectivity index (χ1n) is 4.32. The number of nitrogens with zero attached hydrogens (tertiary/aromatic N) is 3. The predicted molar refractivity (Wildman–Crippen MR) is 56.4 cm³/mol. The van der Waals surface area contributed by atoms with Gasteiger partial charge in [0, 0.05) is 0 Å². The predicted octanol–water partition coefficient (Wildman–Crippen LogP) is 2.02. The normalized spacial score (nSPS) is 10.4. The van der Waals surface area contributed by atoms with Crippen LogP contribution in [0.5, 0.6) is 0 Å². The Morgan fingerprint density at radius 2 is 2.50 bits per heavy atom. The molecule has 2 rings (SSSR count). The Morgan fingerprint density at radius 3 is 3.12 bits per heavy atom. The van der Waals surface area contributed by atoms with E-state index in [1.807, 2.05) is 0 Å². The number of rotatable bonds is 3. The van der Waals surface area contributed by atoms with E-state index in [9.17, 15) is 4.79 Å². The van der Waals surface area contributed by atoms with Gasteiger partial charge in [-0.2, -0.15) is 0 Å². The monoisotopic (exact) mass is 259 g/mol. The summed E-state index contributed by atoms with van der Waals surface area (Å²) in [6.45, 7) is 1.99. The molecule has 0 fully saturated rings. The molecule has 0 aliphatic heterocycles. The van der Waals surface area contributed by atoms with Crippen molar-refractivity contribution in [3.05, 3.63) is 15.7 Å². The first-order valence-corrected chi connectivity index (χ1v) is 5.51. The topological polar surface area (TPSA) is 78.1 Å². The fourth-order valence-corrected chi connectivity index (χ4v) is 2.04. The van der Waals surface area contributed by atoms with Gasteiger partial charge in [0.15, 0.2) is 10.2 Å². The number of ether oxygens (including phenoxy) is 1. The number of aromatic nitrogens is 3. The molecule has 0 amide bonds. The fourth-order valence-electron chi connectivity index (χ4n) is 1.05. The maximum Gasteiger partial charge on any atom is 0.350 e. The van der Waals surface area contributed by atoms with Gasteiger partial charge in [0.05, 0.1) is 6.61 Å². The smallest absolute Gasteiger partial charge is 0.350 e. The molecule has 84 valence electrons. The molecule has 0 saturated carbocycles. The molecule has 0 radical (unpaired) electrons. The zero-order valence-electron chi connectivity index (χ0n) is 8.14. The Labute approximate surface area is 99.2 Å². The SMILES string of the molecule is CCOC(=O)c1sc(Cl)nc1-c1nnco1. The van der Waals surface area contributed by atoms with Crippen molar-refractivity contribution in [3.63, 3.8) is 0 Å². The van der Waals surface area contributed by atoms with E-state index in [-0.39, 0.29) is 27.5 Å². The summed E-state index contributed by atoms with van der Waals surface area (Å²) >= 11 is 6.75. The van der Waals surface area contributed by atoms with Gasteiger partial charge < -0.3 is 9.15 Å². The van der Waals surface area contributed by atoms with Crippen LogP contribution in [0.1, 0.15) is 16.6 Å². The minimum absolute atomic E-state index is 0.145. The molecule has 2 aromatic rings. The highest BCUT2D eigenvalue weighted by Crippen LogP contribution is 2.30. The molecule has 0 atom stereocenters. The molecule has 0 N–H and O–H groups in total. The summed E-state index contributed by atoms with van der Waals surface area (Å²) in [6.07, 6.45) is 1.15. The van der Waals surface area contributed by atoms with Gasteiger partial charge in [-0.15, -0.1) is 10.2 Å². The standard InChI is InChI=1S/C8H6ClN3O3S/c1-2-14-7(13)5-4(11-8(9)16-5)6-12-10-3-15-6/h3H,2H2,1H3. The zero-order valence-corrected chi connectivity index (χ0v) is 9.71. The second kappa shape index (κ2) is 4.58. The second-order valence-electron chi connectivity index (χ2n) is 2.61. The van der Waals surface area contributed by atoms with Gasteiger partial charge in [-0.1, -0.05) is 22.9 Å². The summed E-state index contributed by atoms with van der Waals surface area (Å²) in [7, 11) is 0. The third kappa shape index (κ3) is 2.05. The van der Waals surface area contributed by atoms with Gasteiger partial charge >= 0.3 is 5.97 Å². The molecule has 0 spiro atoms. The van der Waals surface area contributed by atoms with Gasteiger partial charge in [-0.3, -0.25) is 0 Å². The molecular formula is C8H6ClN3O3S. The van der Waals surface area contributed by atoms with Gasteiger partial charge in [-0.05, 0) is 6.92 Å². The second-order valence-corrected chi connectivity index (χ2v) is 4.19. The molecule has 0 aromatic carbocycles. The van der Waals surface area contributed by atoms with Crippen molar-refractivity contribution in [2.24, 2.45) is 0 Å². The van der Waals surface area contributed by atoms with E-state index in [1.165, 1.54) is 0 Å². The highest BCUT2D eigenvalue weighted by Gasteiger charge is 2.23. The number of hydrogen-bond donors (Lipinski definition) is 0. The van der Waals surface area contributed by atoms with Crippen molar-refractivity contribution in [3.8, 4) is 11.6 Å². The van der Waals surface area contributed by atoms with Crippen LogP contribution in [-0.4, -0.2) is 27.8 Å². The Bertz CT molecular complexity index is 497. The van der Waals surface area contributed by atoms with Crippen LogP contribution in [0.3, 0.4) is 0 Å². The number of carbonyl (C=O) groups excluding carboxylic acids is 1. The third-order valence-electron chi connectivity index (χ3n) is 1.62. The summed E-state index contributed by atoms with van der Waals surface area (Å²) < 4.78 is 10.0. The van der Waals surface area contributed by atoms with Crippen molar-refractivity contribution in [2.45, 2.75) is 6.92 Å². The molecule has 0 aliphatic carbocycles. The first kappa shape index (κ1) is 11.0. The zero-order chi connectivity index (χ0) is 11.5. The van der Waals surface area contributed by atoms with Crippen molar-refractivity contribution >= 4 is 28.9 Å². The highest BCUT2D eigenvalue weighted by molar-refractivity contribution is 7.17. The molecule has 16 heavy (non-hydrogen) atoms. The van der Waals surface area contributed by atoms with Crippen molar-refractivity contribution in [1.29, 1.82) is 0 Å². The van der Waals surface area contributed by atoms with Crippen LogP contribution in [0.2, 0.25) is 4.47 Å². The van der Waals surface area contributed by atoms with Crippen LogP contribution < -0.4 is 0 Å². The lowest BCUT2D eigenvalue weighted by Crippen LogP contribution is -2.04. The van der Waals surface area contributed by atoms with E-state index < -0.39 is 5.97 Å². The lowest BCUT2D eigenvalue weighted by Gasteiger charge is -1.98. The van der Waals surface area contributed by atoms with Gasteiger partial charge in [0.25, 0.3) is 5.89 Å². The molecule has 0 saturated heterocycles. The minimum atomic E-state index is -0.500. The largest absolute Gasteiger partial charge is 0.462 e. The molecular weight excluding hydrogens is 254 g/mol. The summed E-state index contributed by atoms with van der Waals surface area (Å²) in [5, 5.41) is 7.17. The number of hydrogen-bond acceptors (Lipinski definition) is 7. The average molecular weight is 260 g/mol. The van der Waals surface area contributed by atoms with E-state index in [2.05, 4.69) is 15.2 Å². The quantitative estimate of drug-likeness (QED) is 0.785. The van der Waals surface area contributed by atoms with E-state index in [0.717, 1.165) is 17.7 Å². The van der Waals surface area contributed by atoms with Crippen LogP contribution in [-0.2, 0) is 4.74 Å².